The lowest BCUT2D eigenvalue weighted by Crippen LogP contribution is -2.42. The standard InChI is InChI=1S/C31H22ClF3N4O5/c1-16-28(40)37-24-12-20(32)5-7-22(24)30(42)39(16)14-17-2-6-21(23(10-17)18-3-8-25-26(11-18)44-15-43-25)29(41)38-27-9-4-19(13-36-27)31(33,34)35/h2-13,16H,14-15H2,1H3,(H,37,40)(H,36,38,41)/t16-/m1/s1. The van der Waals surface area contributed by atoms with Crippen molar-refractivity contribution in [2.45, 2.75) is 25.7 Å². The minimum Gasteiger partial charge on any atom is -0.454 e. The zero-order chi connectivity index (χ0) is 31.2. The maximum absolute atomic E-state index is 13.6. The Balaban J connectivity index is 1.35. The quantitative estimate of drug-likeness (QED) is 0.267. The molecule has 4 aromatic rings. The van der Waals surface area contributed by atoms with Gasteiger partial charge in [-0.1, -0.05) is 23.7 Å². The molecule has 0 aliphatic carbocycles. The second-order valence-corrected chi connectivity index (χ2v) is 10.6. The SMILES string of the molecule is C[C@@H]1C(=O)Nc2cc(Cl)ccc2C(=O)N1Cc1ccc(C(=O)Nc2ccc(C(F)(F)F)cn2)c(-c2ccc3c(c2)OCO3)c1. The van der Waals surface area contributed by atoms with Crippen molar-refractivity contribution >= 4 is 40.8 Å². The molecule has 3 aromatic carbocycles. The van der Waals surface area contributed by atoms with Crippen LogP contribution in [0.2, 0.25) is 5.02 Å². The van der Waals surface area contributed by atoms with Gasteiger partial charge in [0.2, 0.25) is 12.7 Å². The summed E-state index contributed by atoms with van der Waals surface area (Å²) in [6.07, 6.45) is -3.93. The van der Waals surface area contributed by atoms with Crippen molar-refractivity contribution in [2.75, 3.05) is 17.4 Å². The number of fused-ring (bicyclic) bond motifs is 2. The van der Waals surface area contributed by atoms with E-state index in [9.17, 15) is 27.6 Å². The molecule has 44 heavy (non-hydrogen) atoms. The minimum atomic E-state index is -4.57. The van der Waals surface area contributed by atoms with Crippen LogP contribution in [0.3, 0.4) is 0 Å². The number of benzene rings is 3. The number of ether oxygens (including phenoxy) is 2. The third kappa shape index (κ3) is 5.63. The van der Waals surface area contributed by atoms with Crippen LogP contribution in [-0.2, 0) is 17.5 Å². The molecular weight excluding hydrogens is 601 g/mol. The molecule has 0 spiro atoms. The Hall–Kier alpha value is -5.10. The third-order valence-electron chi connectivity index (χ3n) is 7.28. The van der Waals surface area contributed by atoms with Gasteiger partial charge in [0, 0.05) is 23.3 Å². The van der Waals surface area contributed by atoms with Crippen molar-refractivity contribution in [1.29, 1.82) is 0 Å². The number of aromatic nitrogens is 1. The monoisotopic (exact) mass is 622 g/mol. The average Bonchev–Trinajstić information content (AvgIpc) is 3.44. The Morgan fingerprint density at radius 3 is 2.57 bits per heavy atom. The number of nitrogens with zero attached hydrogens (tertiary/aromatic N) is 2. The summed E-state index contributed by atoms with van der Waals surface area (Å²) in [4.78, 5) is 45.1. The fraction of sp³-hybridized carbons (Fsp3) is 0.161. The molecule has 0 saturated carbocycles. The topological polar surface area (TPSA) is 110 Å². The number of halogens is 4. The highest BCUT2D eigenvalue weighted by Gasteiger charge is 2.33. The van der Waals surface area contributed by atoms with E-state index >= 15 is 0 Å². The van der Waals surface area contributed by atoms with Gasteiger partial charge in [0.05, 0.1) is 16.8 Å². The lowest BCUT2D eigenvalue weighted by atomic mass is 9.95. The van der Waals surface area contributed by atoms with Crippen LogP contribution in [0.25, 0.3) is 11.1 Å². The molecule has 13 heteroatoms. The zero-order valence-corrected chi connectivity index (χ0v) is 23.6. The van der Waals surface area contributed by atoms with Crippen LogP contribution in [-0.4, -0.2) is 40.4 Å². The zero-order valence-electron chi connectivity index (χ0n) is 22.9. The van der Waals surface area contributed by atoms with Gasteiger partial charge in [-0.15, -0.1) is 0 Å². The van der Waals surface area contributed by atoms with Crippen molar-refractivity contribution in [3.8, 4) is 22.6 Å². The lowest BCUT2D eigenvalue weighted by molar-refractivity contribution is -0.137. The van der Waals surface area contributed by atoms with Crippen molar-refractivity contribution in [2.24, 2.45) is 0 Å². The average molecular weight is 623 g/mol. The van der Waals surface area contributed by atoms with Crippen LogP contribution in [0.15, 0.2) is 72.9 Å². The summed E-state index contributed by atoms with van der Waals surface area (Å²) in [6, 6.07) is 15.7. The summed E-state index contributed by atoms with van der Waals surface area (Å²) < 4.78 is 49.8. The van der Waals surface area contributed by atoms with Gasteiger partial charge >= 0.3 is 6.18 Å². The Morgan fingerprint density at radius 1 is 1.02 bits per heavy atom. The van der Waals surface area contributed by atoms with Gasteiger partial charge in [0.25, 0.3) is 11.8 Å². The Labute approximate surface area is 253 Å². The molecule has 0 unspecified atom stereocenters. The highest BCUT2D eigenvalue weighted by Crippen LogP contribution is 2.38. The Kier molecular flexibility index (Phi) is 7.38. The molecule has 1 aromatic heterocycles. The van der Waals surface area contributed by atoms with E-state index in [2.05, 4.69) is 15.6 Å². The van der Waals surface area contributed by atoms with Crippen molar-refractivity contribution in [1.82, 2.24) is 9.88 Å². The molecule has 2 N–H and O–H groups in total. The molecule has 9 nitrogen and oxygen atoms in total. The second-order valence-electron chi connectivity index (χ2n) is 10.1. The first-order valence-corrected chi connectivity index (χ1v) is 13.6. The van der Waals surface area contributed by atoms with Gasteiger partial charge in [0.15, 0.2) is 11.5 Å². The van der Waals surface area contributed by atoms with Gasteiger partial charge in [-0.3, -0.25) is 14.4 Å². The number of carbonyl (C=O) groups excluding carboxylic acids is 3. The van der Waals surface area contributed by atoms with Crippen molar-refractivity contribution in [3.05, 3.63) is 100 Å². The number of nitrogens with one attached hydrogen (secondary N) is 2. The Bertz CT molecular complexity index is 1810. The highest BCUT2D eigenvalue weighted by atomic mass is 35.5. The number of rotatable bonds is 5. The molecule has 0 saturated heterocycles. The van der Waals surface area contributed by atoms with Crippen LogP contribution in [0, 0.1) is 0 Å². The molecule has 1 atom stereocenters. The number of amides is 3. The second kappa shape index (κ2) is 11.2. The predicted octanol–water partition coefficient (Wildman–Crippen LogP) is 6.38. The van der Waals surface area contributed by atoms with Gasteiger partial charge in [-0.25, -0.2) is 4.98 Å². The van der Waals surface area contributed by atoms with E-state index in [1.165, 1.54) is 17.0 Å². The summed E-state index contributed by atoms with van der Waals surface area (Å²) in [5.74, 6) is -0.485. The van der Waals surface area contributed by atoms with E-state index < -0.39 is 29.6 Å². The highest BCUT2D eigenvalue weighted by molar-refractivity contribution is 6.31. The van der Waals surface area contributed by atoms with Crippen molar-refractivity contribution in [3.63, 3.8) is 0 Å². The molecule has 0 bridgehead atoms. The van der Waals surface area contributed by atoms with E-state index in [0.29, 0.717) is 45.1 Å². The van der Waals surface area contributed by atoms with Crippen LogP contribution in [0.4, 0.5) is 24.7 Å². The summed E-state index contributed by atoms with van der Waals surface area (Å²) in [7, 11) is 0. The van der Waals surface area contributed by atoms with Crippen LogP contribution in [0.5, 0.6) is 11.5 Å². The molecule has 2 aliphatic heterocycles. The first kappa shape index (κ1) is 29.0. The first-order valence-electron chi connectivity index (χ1n) is 13.3. The minimum absolute atomic E-state index is 0.0232. The Morgan fingerprint density at radius 2 is 1.82 bits per heavy atom. The number of anilines is 2. The van der Waals surface area contributed by atoms with Gasteiger partial charge in [-0.2, -0.15) is 13.2 Å². The fourth-order valence-electron chi connectivity index (χ4n) is 4.93. The number of pyridine rings is 1. The molecule has 0 radical (unpaired) electrons. The maximum Gasteiger partial charge on any atom is 0.417 e. The normalized spacial score (nSPS) is 15.8. The van der Waals surface area contributed by atoms with E-state index in [4.69, 9.17) is 21.1 Å². The van der Waals surface area contributed by atoms with E-state index in [1.54, 1.807) is 49.4 Å². The number of hydrogen-bond acceptors (Lipinski definition) is 6. The van der Waals surface area contributed by atoms with Crippen LogP contribution >= 0.6 is 11.6 Å². The van der Waals surface area contributed by atoms with E-state index in [1.807, 2.05) is 0 Å². The van der Waals surface area contributed by atoms with Crippen LogP contribution in [0.1, 0.15) is 38.8 Å². The largest absolute Gasteiger partial charge is 0.454 e. The first-order chi connectivity index (χ1) is 21.0. The molecule has 6 rings (SSSR count). The van der Waals surface area contributed by atoms with Gasteiger partial charge < -0.3 is 25.0 Å². The molecule has 2 aliphatic rings. The van der Waals surface area contributed by atoms with E-state index in [-0.39, 0.29) is 36.2 Å². The van der Waals surface area contributed by atoms with Crippen LogP contribution < -0.4 is 20.1 Å². The maximum atomic E-state index is 13.6. The van der Waals surface area contributed by atoms with Gasteiger partial charge in [-0.05, 0) is 78.2 Å². The summed E-state index contributed by atoms with van der Waals surface area (Å²) in [5, 5.41) is 5.66. The molecule has 3 amide bonds. The number of carbonyl (C=O) groups is 3. The number of hydrogen-bond donors (Lipinski definition) is 2. The van der Waals surface area contributed by atoms with Crippen molar-refractivity contribution < 1.29 is 37.0 Å². The molecule has 0 fully saturated rings. The summed E-state index contributed by atoms with van der Waals surface area (Å²) in [5.41, 5.74) is 1.45. The molecule has 224 valence electrons. The molecular formula is C31H22ClF3N4O5. The fourth-order valence-corrected chi connectivity index (χ4v) is 5.10. The third-order valence-corrected chi connectivity index (χ3v) is 7.51. The summed E-state index contributed by atoms with van der Waals surface area (Å²) in [6.45, 7) is 1.67. The predicted molar refractivity (Wildman–Crippen MR) is 155 cm³/mol. The summed E-state index contributed by atoms with van der Waals surface area (Å²) >= 11 is 6.08. The lowest BCUT2D eigenvalue weighted by Gasteiger charge is -2.26. The molecule has 3 heterocycles. The smallest absolute Gasteiger partial charge is 0.417 e. The van der Waals surface area contributed by atoms with Gasteiger partial charge in [0.1, 0.15) is 11.9 Å². The van der Waals surface area contributed by atoms with E-state index in [0.717, 1.165) is 12.1 Å². The number of alkyl halides is 3.